The van der Waals surface area contributed by atoms with Gasteiger partial charge in [-0.1, -0.05) is 23.9 Å². The van der Waals surface area contributed by atoms with Crippen LogP contribution < -0.4 is 5.56 Å². The van der Waals surface area contributed by atoms with E-state index in [2.05, 4.69) is 10.2 Å². The van der Waals surface area contributed by atoms with Crippen molar-refractivity contribution in [2.24, 2.45) is 23.2 Å². The molecule has 2 aromatic heterocycles. The number of nitrogens with zero attached hydrogens (tertiary/aromatic N) is 4. The van der Waals surface area contributed by atoms with Gasteiger partial charge in [0, 0.05) is 25.2 Å². The number of Topliss-reactive ketones (excluding diaryl/α,β-unsaturated/α-hetero) is 1. The molecule has 0 radical (unpaired) electrons. The molecule has 0 aliphatic heterocycles. The van der Waals surface area contributed by atoms with E-state index in [1.165, 1.54) is 31.0 Å². The molecule has 8 heteroatoms. The number of aromatic nitrogens is 4. The molecule has 1 unspecified atom stereocenters. The Morgan fingerprint density at radius 1 is 1.14 bits per heavy atom. The summed E-state index contributed by atoms with van der Waals surface area (Å²) in [6.07, 6.45) is 7.93. The SMILES string of the molecule is CCOCCCn1c(=O)c2ccccc2n2c(SC(C)C(=O)C34CC5CC(CC(C5)C3)C4)nnc12. The molecule has 1 aromatic carbocycles. The Labute approximate surface area is 209 Å². The van der Waals surface area contributed by atoms with E-state index in [0.717, 1.165) is 49.0 Å². The van der Waals surface area contributed by atoms with Crippen LogP contribution in [0.5, 0.6) is 0 Å². The lowest BCUT2D eigenvalue weighted by Crippen LogP contribution is -2.51. The Morgan fingerprint density at radius 3 is 2.51 bits per heavy atom. The van der Waals surface area contributed by atoms with Crippen molar-refractivity contribution in [1.29, 1.82) is 0 Å². The number of thioether (sulfide) groups is 1. The van der Waals surface area contributed by atoms with Crippen molar-refractivity contribution >= 4 is 34.2 Å². The van der Waals surface area contributed by atoms with Gasteiger partial charge in [0.1, 0.15) is 0 Å². The first-order valence-corrected chi connectivity index (χ1v) is 14.0. The molecule has 35 heavy (non-hydrogen) atoms. The zero-order valence-corrected chi connectivity index (χ0v) is 21.4. The Hall–Kier alpha value is -2.19. The molecule has 4 aliphatic carbocycles. The molecule has 0 N–H and O–H groups in total. The number of carbonyl (C=O) groups is 1. The Morgan fingerprint density at radius 2 is 1.83 bits per heavy atom. The Balaban J connectivity index is 1.33. The van der Waals surface area contributed by atoms with E-state index in [4.69, 9.17) is 4.74 Å². The van der Waals surface area contributed by atoms with Gasteiger partial charge in [-0.3, -0.25) is 18.6 Å². The van der Waals surface area contributed by atoms with Gasteiger partial charge in [0.25, 0.3) is 5.56 Å². The van der Waals surface area contributed by atoms with Crippen LogP contribution >= 0.6 is 11.8 Å². The normalized spacial score (nSPS) is 28.2. The molecule has 7 nitrogen and oxygen atoms in total. The fourth-order valence-corrected chi connectivity index (χ4v) is 8.58. The van der Waals surface area contributed by atoms with Gasteiger partial charge in [-0.15, -0.1) is 10.2 Å². The molecule has 0 amide bonds. The number of ketones is 1. The number of carbonyl (C=O) groups excluding carboxylic acids is 1. The summed E-state index contributed by atoms with van der Waals surface area (Å²) >= 11 is 1.50. The number of hydrogen-bond acceptors (Lipinski definition) is 6. The Kier molecular flexibility index (Phi) is 6.00. The van der Waals surface area contributed by atoms with Crippen molar-refractivity contribution < 1.29 is 9.53 Å². The van der Waals surface area contributed by atoms with Crippen molar-refractivity contribution in [1.82, 2.24) is 19.2 Å². The van der Waals surface area contributed by atoms with Crippen LogP contribution in [-0.4, -0.2) is 43.4 Å². The lowest BCUT2D eigenvalue weighted by Gasteiger charge is -2.56. The zero-order chi connectivity index (χ0) is 24.2. The van der Waals surface area contributed by atoms with E-state index >= 15 is 0 Å². The van der Waals surface area contributed by atoms with Crippen molar-refractivity contribution in [3.05, 3.63) is 34.6 Å². The van der Waals surface area contributed by atoms with Gasteiger partial charge in [0.15, 0.2) is 10.9 Å². The molecule has 1 atom stereocenters. The van der Waals surface area contributed by atoms with E-state index in [9.17, 15) is 9.59 Å². The van der Waals surface area contributed by atoms with Gasteiger partial charge in [-0.05, 0) is 88.7 Å². The molecule has 0 spiro atoms. The van der Waals surface area contributed by atoms with Crippen molar-refractivity contribution in [3.8, 4) is 0 Å². The molecular weight excluding hydrogens is 460 g/mol. The fourth-order valence-electron chi connectivity index (χ4n) is 7.54. The Bertz CT molecular complexity index is 1290. The van der Waals surface area contributed by atoms with Crippen LogP contribution in [0.4, 0.5) is 0 Å². The van der Waals surface area contributed by atoms with Crippen LogP contribution in [0.15, 0.2) is 34.2 Å². The van der Waals surface area contributed by atoms with E-state index in [-0.39, 0.29) is 16.2 Å². The third-order valence-electron chi connectivity index (χ3n) is 8.57. The van der Waals surface area contributed by atoms with Crippen molar-refractivity contribution in [2.75, 3.05) is 13.2 Å². The monoisotopic (exact) mass is 494 g/mol. The quantitative estimate of drug-likeness (QED) is 0.316. The lowest BCUT2D eigenvalue weighted by atomic mass is 9.48. The molecule has 186 valence electrons. The topological polar surface area (TPSA) is 78.5 Å². The van der Waals surface area contributed by atoms with Gasteiger partial charge < -0.3 is 4.74 Å². The van der Waals surface area contributed by atoms with Crippen molar-refractivity contribution in [3.63, 3.8) is 0 Å². The number of para-hydroxylation sites is 1. The second-order valence-electron chi connectivity index (χ2n) is 11.0. The lowest BCUT2D eigenvalue weighted by molar-refractivity contribution is -0.142. The summed E-state index contributed by atoms with van der Waals surface area (Å²) in [5.74, 6) is 3.15. The summed E-state index contributed by atoms with van der Waals surface area (Å²) in [4.78, 5) is 27.2. The summed E-state index contributed by atoms with van der Waals surface area (Å²) in [5, 5.41) is 10.0. The number of aryl methyl sites for hydroxylation is 1. The maximum Gasteiger partial charge on any atom is 0.262 e. The molecular formula is C27H34N4O3S. The van der Waals surface area contributed by atoms with Gasteiger partial charge >= 0.3 is 0 Å². The van der Waals surface area contributed by atoms with Crippen LogP contribution in [0, 0.1) is 23.2 Å². The highest BCUT2D eigenvalue weighted by Gasteiger charge is 2.55. The largest absolute Gasteiger partial charge is 0.382 e. The zero-order valence-electron chi connectivity index (χ0n) is 20.6. The van der Waals surface area contributed by atoms with Crippen LogP contribution in [0.1, 0.15) is 58.8 Å². The highest BCUT2D eigenvalue weighted by Crippen LogP contribution is 2.61. The summed E-state index contributed by atoms with van der Waals surface area (Å²) in [6, 6.07) is 7.61. The van der Waals surface area contributed by atoms with Gasteiger partial charge in [-0.2, -0.15) is 0 Å². The third-order valence-corrected chi connectivity index (χ3v) is 9.61. The molecule has 7 rings (SSSR count). The molecule has 2 heterocycles. The number of rotatable bonds is 9. The predicted octanol–water partition coefficient (Wildman–Crippen LogP) is 4.74. The average molecular weight is 495 g/mol. The first kappa shape index (κ1) is 23.2. The second kappa shape index (κ2) is 9.04. The van der Waals surface area contributed by atoms with Crippen LogP contribution in [0.2, 0.25) is 0 Å². The smallest absolute Gasteiger partial charge is 0.262 e. The highest BCUT2D eigenvalue weighted by molar-refractivity contribution is 8.00. The van der Waals surface area contributed by atoms with Gasteiger partial charge in [0.2, 0.25) is 5.78 Å². The third kappa shape index (κ3) is 3.93. The first-order chi connectivity index (χ1) is 17.0. The number of fused-ring (bicyclic) bond motifs is 3. The maximum absolute atomic E-state index is 13.9. The molecule has 4 saturated carbocycles. The van der Waals surface area contributed by atoms with Crippen LogP contribution in [-0.2, 0) is 16.1 Å². The molecule has 0 saturated heterocycles. The summed E-state index contributed by atoms with van der Waals surface area (Å²) in [7, 11) is 0. The number of ether oxygens (including phenoxy) is 1. The predicted molar refractivity (Wildman–Crippen MR) is 137 cm³/mol. The summed E-state index contributed by atoms with van der Waals surface area (Å²) in [5.41, 5.74) is 0.590. The van der Waals surface area contributed by atoms with Gasteiger partial charge in [-0.25, -0.2) is 0 Å². The second-order valence-corrected chi connectivity index (χ2v) is 12.3. The minimum atomic E-state index is -0.198. The minimum Gasteiger partial charge on any atom is -0.382 e. The van der Waals surface area contributed by atoms with Crippen molar-refractivity contribution in [2.45, 2.75) is 75.7 Å². The standard InChI is InChI=1S/C27H34N4O3S/c1-3-34-10-6-9-30-24(33)21-7-4-5-8-22(21)31-25(30)28-29-26(31)35-17(2)23(32)27-14-18-11-19(15-27)13-20(12-18)16-27/h4-5,7-8,17-20H,3,6,9-16H2,1-2H3. The fraction of sp³-hybridized carbons (Fsp3) is 0.630. The van der Waals surface area contributed by atoms with E-state index in [0.29, 0.717) is 41.9 Å². The van der Waals surface area contributed by atoms with E-state index < -0.39 is 0 Å². The molecule has 4 fully saturated rings. The minimum absolute atomic E-state index is 0.0637. The molecule has 4 aliphatic rings. The maximum atomic E-state index is 13.9. The van der Waals surface area contributed by atoms with E-state index in [1.54, 1.807) is 4.57 Å². The molecule has 3 aromatic rings. The van der Waals surface area contributed by atoms with E-state index in [1.807, 2.05) is 42.5 Å². The summed E-state index contributed by atoms with van der Waals surface area (Å²) < 4.78 is 9.14. The van der Waals surface area contributed by atoms with Crippen LogP contribution in [0.25, 0.3) is 16.7 Å². The average Bonchev–Trinajstić information content (AvgIpc) is 3.25. The highest BCUT2D eigenvalue weighted by atomic mass is 32.2. The molecule has 4 bridgehead atoms. The summed E-state index contributed by atoms with van der Waals surface area (Å²) in [6.45, 7) is 5.76. The van der Waals surface area contributed by atoms with Gasteiger partial charge in [0.05, 0.1) is 16.2 Å². The number of hydrogen-bond donors (Lipinski definition) is 0. The number of benzene rings is 1. The van der Waals surface area contributed by atoms with Crippen LogP contribution in [0.3, 0.4) is 0 Å². The first-order valence-electron chi connectivity index (χ1n) is 13.1.